The first-order valence-corrected chi connectivity index (χ1v) is 11.9. The number of amidine groups is 1. The molecule has 0 saturated carbocycles. The second kappa shape index (κ2) is 10.9. The van der Waals surface area contributed by atoms with Crippen LogP contribution in [-0.4, -0.2) is 73.2 Å². The zero-order valence-electron chi connectivity index (χ0n) is 19.8. The van der Waals surface area contributed by atoms with Crippen LogP contribution in [0.5, 0.6) is 5.75 Å². The Kier molecular flexibility index (Phi) is 7.70. The number of aliphatic hydroxyl groups excluding tert-OH is 1. The first-order chi connectivity index (χ1) is 16.5. The predicted molar refractivity (Wildman–Crippen MR) is 133 cm³/mol. The number of urea groups is 1. The second-order valence-electron chi connectivity index (χ2n) is 9.38. The molecule has 1 unspecified atom stereocenters. The quantitative estimate of drug-likeness (QED) is 0.411. The number of amides is 2. The summed E-state index contributed by atoms with van der Waals surface area (Å²) in [5.74, 6) is 1.29. The van der Waals surface area contributed by atoms with Crippen LogP contribution < -0.4 is 15.4 Å². The number of anilines is 1. The van der Waals surface area contributed by atoms with Crippen molar-refractivity contribution in [2.75, 3.05) is 51.3 Å². The van der Waals surface area contributed by atoms with Gasteiger partial charge in [0.15, 0.2) is 0 Å². The van der Waals surface area contributed by atoms with Gasteiger partial charge in [-0.25, -0.2) is 4.79 Å². The van der Waals surface area contributed by atoms with E-state index in [0.29, 0.717) is 31.1 Å². The lowest BCUT2D eigenvalue weighted by molar-refractivity contribution is 0.115. The fourth-order valence-electron chi connectivity index (χ4n) is 4.91. The SMILES string of the molecule is COc1ccc(CN2CCC(CN3CC(CO)CN(c4cccc(C(=N)N)c4)C3=O)CC2)cc1. The Hall–Kier alpha value is -3.10. The van der Waals surface area contributed by atoms with Gasteiger partial charge in [-0.15, -0.1) is 0 Å². The molecule has 1 atom stereocenters. The number of nitrogen functional groups attached to an aromatic ring is 1. The number of hydrogen-bond donors (Lipinski definition) is 3. The van der Waals surface area contributed by atoms with Crippen molar-refractivity contribution in [2.24, 2.45) is 17.6 Å². The molecule has 182 valence electrons. The van der Waals surface area contributed by atoms with Gasteiger partial charge < -0.3 is 20.5 Å². The minimum Gasteiger partial charge on any atom is -0.497 e. The van der Waals surface area contributed by atoms with Gasteiger partial charge in [-0.2, -0.15) is 0 Å². The maximum Gasteiger partial charge on any atom is 0.324 e. The molecule has 0 aliphatic carbocycles. The van der Waals surface area contributed by atoms with Gasteiger partial charge in [0.05, 0.1) is 7.11 Å². The summed E-state index contributed by atoms with van der Waals surface area (Å²) in [5, 5.41) is 17.6. The van der Waals surface area contributed by atoms with Crippen LogP contribution >= 0.6 is 0 Å². The van der Waals surface area contributed by atoms with E-state index in [4.69, 9.17) is 15.9 Å². The van der Waals surface area contributed by atoms with Crippen molar-refractivity contribution in [1.29, 1.82) is 5.41 Å². The van der Waals surface area contributed by atoms with Crippen LogP contribution in [0.3, 0.4) is 0 Å². The zero-order valence-corrected chi connectivity index (χ0v) is 19.8. The molecule has 4 rings (SSSR count). The molecule has 2 amide bonds. The van der Waals surface area contributed by atoms with Gasteiger partial charge in [-0.1, -0.05) is 24.3 Å². The summed E-state index contributed by atoms with van der Waals surface area (Å²) in [6.07, 6.45) is 2.09. The molecule has 2 fully saturated rings. The van der Waals surface area contributed by atoms with E-state index in [-0.39, 0.29) is 24.4 Å². The predicted octanol–water partition coefficient (Wildman–Crippen LogP) is 2.74. The Bertz CT molecular complexity index is 988. The van der Waals surface area contributed by atoms with Gasteiger partial charge in [0, 0.05) is 50.0 Å². The average molecular weight is 466 g/mol. The first-order valence-electron chi connectivity index (χ1n) is 11.9. The van der Waals surface area contributed by atoms with E-state index < -0.39 is 0 Å². The van der Waals surface area contributed by atoms with E-state index in [9.17, 15) is 9.90 Å². The number of benzene rings is 2. The normalized spacial score (nSPS) is 19.9. The lowest BCUT2D eigenvalue weighted by atomic mass is 9.94. The largest absolute Gasteiger partial charge is 0.497 e. The maximum atomic E-state index is 13.4. The monoisotopic (exact) mass is 465 g/mol. The molecule has 2 aliphatic heterocycles. The smallest absolute Gasteiger partial charge is 0.324 e. The minimum atomic E-state index is -0.0361. The third kappa shape index (κ3) is 5.69. The molecule has 4 N–H and O–H groups in total. The van der Waals surface area contributed by atoms with Crippen LogP contribution in [0.2, 0.25) is 0 Å². The Morgan fingerprint density at radius 3 is 2.50 bits per heavy atom. The molecule has 34 heavy (non-hydrogen) atoms. The molecule has 0 radical (unpaired) electrons. The van der Waals surface area contributed by atoms with E-state index in [1.807, 2.05) is 29.2 Å². The molecular formula is C26H35N5O3. The molecule has 2 aromatic rings. The fourth-order valence-corrected chi connectivity index (χ4v) is 4.91. The number of hydrogen-bond acceptors (Lipinski definition) is 5. The number of ether oxygens (including phenoxy) is 1. The van der Waals surface area contributed by atoms with Gasteiger partial charge in [-0.3, -0.25) is 15.2 Å². The van der Waals surface area contributed by atoms with Crippen molar-refractivity contribution in [1.82, 2.24) is 9.80 Å². The summed E-state index contributed by atoms with van der Waals surface area (Å²) in [5.41, 5.74) is 8.23. The van der Waals surface area contributed by atoms with Crippen LogP contribution in [0.25, 0.3) is 0 Å². The van der Waals surface area contributed by atoms with Crippen molar-refractivity contribution in [2.45, 2.75) is 19.4 Å². The zero-order chi connectivity index (χ0) is 24.1. The number of carbonyl (C=O) groups excluding carboxylic acids is 1. The lowest BCUT2D eigenvalue weighted by Gasteiger charge is -2.42. The molecule has 0 spiro atoms. The summed E-state index contributed by atoms with van der Waals surface area (Å²) in [6, 6.07) is 15.4. The number of rotatable bonds is 8. The number of nitrogens with two attached hydrogens (primary N) is 1. The summed E-state index contributed by atoms with van der Waals surface area (Å²) in [7, 11) is 1.68. The number of methoxy groups -OCH3 is 1. The highest BCUT2D eigenvalue weighted by atomic mass is 16.5. The van der Waals surface area contributed by atoms with Gasteiger partial charge in [0.1, 0.15) is 11.6 Å². The molecule has 8 heteroatoms. The topological polar surface area (TPSA) is 106 Å². The van der Waals surface area contributed by atoms with E-state index >= 15 is 0 Å². The Balaban J connectivity index is 1.35. The van der Waals surface area contributed by atoms with Crippen molar-refractivity contribution in [3.63, 3.8) is 0 Å². The molecule has 2 aliphatic rings. The average Bonchev–Trinajstić information content (AvgIpc) is 2.87. The van der Waals surface area contributed by atoms with Crippen LogP contribution in [0.4, 0.5) is 10.5 Å². The van der Waals surface area contributed by atoms with Gasteiger partial charge in [0.25, 0.3) is 0 Å². The van der Waals surface area contributed by atoms with E-state index in [2.05, 4.69) is 17.0 Å². The summed E-state index contributed by atoms with van der Waals surface area (Å²) in [4.78, 5) is 19.4. The van der Waals surface area contributed by atoms with Crippen molar-refractivity contribution < 1.29 is 14.6 Å². The third-order valence-corrected chi connectivity index (χ3v) is 6.90. The van der Waals surface area contributed by atoms with E-state index in [1.165, 1.54) is 5.56 Å². The van der Waals surface area contributed by atoms with Crippen LogP contribution in [0.15, 0.2) is 48.5 Å². The van der Waals surface area contributed by atoms with Crippen molar-refractivity contribution in [3.05, 3.63) is 59.7 Å². The summed E-state index contributed by atoms with van der Waals surface area (Å²) in [6.45, 7) is 4.71. The summed E-state index contributed by atoms with van der Waals surface area (Å²) < 4.78 is 5.24. The van der Waals surface area contributed by atoms with Gasteiger partial charge in [0.2, 0.25) is 0 Å². The highest BCUT2D eigenvalue weighted by Crippen LogP contribution is 2.27. The molecule has 8 nitrogen and oxygen atoms in total. The molecule has 2 saturated heterocycles. The number of nitrogens with zero attached hydrogens (tertiary/aromatic N) is 3. The van der Waals surface area contributed by atoms with Crippen LogP contribution in [0.1, 0.15) is 24.0 Å². The number of aliphatic hydroxyl groups is 1. The Morgan fingerprint density at radius 2 is 1.85 bits per heavy atom. The molecule has 0 aromatic heterocycles. The minimum absolute atomic E-state index is 0.00570. The van der Waals surface area contributed by atoms with Crippen molar-refractivity contribution >= 4 is 17.6 Å². The van der Waals surface area contributed by atoms with E-state index in [1.54, 1.807) is 24.1 Å². The maximum absolute atomic E-state index is 13.4. The number of carbonyl (C=O) groups is 1. The lowest BCUT2D eigenvalue weighted by Crippen LogP contribution is -2.56. The molecular weight excluding hydrogens is 430 g/mol. The Labute approximate surface area is 201 Å². The highest BCUT2D eigenvalue weighted by Gasteiger charge is 2.34. The number of piperidine rings is 1. The highest BCUT2D eigenvalue weighted by molar-refractivity contribution is 5.98. The van der Waals surface area contributed by atoms with Crippen LogP contribution in [0, 0.1) is 17.2 Å². The number of nitrogens with one attached hydrogen (secondary N) is 1. The molecule has 0 bridgehead atoms. The standard InChI is InChI=1S/C26H35N5O3/c1-34-24-7-5-19(6-8-24)14-29-11-9-20(10-12-29)15-30-16-21(18-32)17-31(26(30)33)23-4-2-3-22(13-23)25(27)28/h2-8,13,20-21,32H,9-12,14-18H2,1H3,(H3,27,28). The first kappa shape index (κ1) is 24.0. The number of likely N-dealkylation sites (tertiary alicyclic amines) is 1. The summed E-state index contributed by atoms with van der Waals surface area (Å²) >= 11 is 0. The fraction of sp³-hybridized carbons (Fsp3) is 0.462. The second-order valence-corrected chi connectivity index (χ2v) is 9.38. The van der Waals surface area contributed by atoms with Gasteiger partial charge in [-0.05, 0) is 61.7 Å². The van der Waals surface area contributed by atoms with Gasteiger partial charge >= 0.3 is 6.03 Å². The molecule has 2 heterocycles. The third-order valence-electron chi connectivity index (χ3n) is 6.90. The van der Waals surface area contributed by atoms with Crippen LogP contribution in [-0.2, 0) is 6.54 Å². The molecule has 2 aromatic carbocycles. The Morgan fingerprint density at radius 1 is 1.12 bits per heavy atom. The van der Waals surface area contributed by atoms with Crippen molar-refractivity contribution in [3.8, 4) is 5.75 Å². The van der Waals surface area contributed by atoms with E-state index in [0.717, 1.165) is 43.9 Å².